The van der Waals surface area contributed by atoms with Gasteiger partial charge in [-0.2, -0.15) is 0 Å². The number of carbonyl (C=O) groups excluding carboxylic acids is 1. The summed E-state index contributed by atoms with van der Waals surface area (Å²) < 4.78 is 0. The molecule has 4 heteroatoms. The standard InChI is InChI=1S/C16H23N3O/c1-18-9-2-4-13-12-14(5-6-15(13)18)16(20)19-10-3-7-17-8-11-19/h5-6,12,17H,2-4,7-11H2,1H3. The van der Waals surface area contributed by atoms with Crippen molar-refractivity contribution in [2.45, 2.75) is 19.3 Å². The van der Waals surface area contributed by atoms with Crippen molar-refractivity contribution in [1.29, 1.82) is 0 Å². The topological polar surface area (TPSA) is 35.6 Å². The monoisotopic (exact) mass is 273 g/mol. The van der Waals surface area contributed by atoms with Crippen molar-refractivity contribution in [2.24, 2.45) is 0 Å². The lowest BCUT2D eigenvalue weighted by Gasteiger charge is -2.28. The SMILES string of the molecule is CN1CCCc2cc(C(=O)N3CCCNCC3)ccc21. The third-order valence-corrected chi connectivity index (χ3v) is 4.30. The third-order valence-electron chi connectivity index (χ3n) is 4.30. The number of carbonyl (C=O) groups is 1. The lowest BCUT2D eigenvalue weighted by molar-refractivity contribution is 0.0766. The van der Waals surface area contributed by atoms with Crippen LogP contribution in [-0.4, -0.2) is 50.6 Å². The third kappa shape index (κ3) is 2.66. The van der Waals surface area contributed by atoms with E-state index in [0.717, 1.165) is 51.1 Å². The number of aryl methyl sites for hydroxylation is 1. The highest BCUT2D eigenvalue weighted by atomic mass is 16.2. The number of anilines is 1. The molecule has 1 fully saturated rings. The van der Waals surface area contributed by atoms with Crippen molar-refractivity contribution in [3.05, 3.63) is 29.3 Å². The summed E-state index contributed by atoms with van der Waals surface area (Å²) in [4.78, 5) is 16.9. The summed E-state index contributed by atoms with van der Waals surface area (Å²) in [6, 6.07) is 6.20. The number of nitrogens with one attached hydrogen (secondary N) is 1. The van der Waals surface area contributed by atoms with Gasteiger partial charge in [0, 0.05) is 44.5 Å². The van der Waals surface area contributed by atoms with Crippen molar-refractivity contribution in [1.82, 2.24) is 10.2 Å². The van der Waals surface area contributed by atoms with Crippen molar-refractivity contribution in [3.8, 4) is 0 Å². The molecule has 0 bridgehead atoms. The van der Waals surface area contributed by atoms with Crippen LogP contribution in [0.1, 0.15) is 28.8 Å². The van der Waals surface area contributed by atoms with Crippen LogP contribution in [0.2, 0.25) is 0 Å². The first kappa shape index (κ1) is 13.4. The van der Waals surface area contributed by atoms with Gasteiger partial charge < -0.3 is 15.1 Å². The predicted molar refractivity (Wildman–Crippen MR) is 81.4 cm³/mol. The Kier molecular flexibility index (Phi) is 3.92. The van der Waals surface area contributed by atoms with Gasteiger partial charge in [-0.1, -0.05) is 0 Å². The van der Waals surface area contributed by atoms with Crippen LogP contribution >= 0.6 is 0 Å². The summed E-state index contributed by atoms with van der Waals surface area (Å²) in [5.74, 6) is 0.185. The molecule has 0 aromatic heterocycles. The van der Waals surface area contributed by atoms with Crippen LogP contribution in [0.3, 0.4) is 0 Å². The highest BCUT2D eigenvalue weighted by Gasteiger charge is 2.20. The number of hydrogen-bond donors (Lipinski definition) is 1. The fourth-order valence-electron chi connectivity index (χ4n) is 3.15. The molecule has 0 spiro atoms. The van der Waals surface area contributed by atoms with Gasteiger partial charge in [0.2, 0.25) is 0 Å². The molecule has 0 atom stereocenters. The van der Waals surface area contributed by atoms with E-state index in [4.69, 9.17) is 0 Å². The molecule has 3 rings (SSSR count). The average Bonchev–Trinajstić information content (AvgIpc) is 2.75. The van der Waals surface area contributed by atoms with E-state index < -0.39 is 0 Å². The zero-order chi connectivity index (χ0) is 13.9. The van der Waals surface area contributed by atoms with Crippen LogP contribution in [0.5, 0.6) is 0 Å². The molecule has 4 nitrogen and oxygen atoms in total. The van der Waals surface area contributed by atoms with E-state index in [1.165, 1.54) is 17.7 Å². The Hall–Kier alpha value is -1.55. The van der Waals surface area contributed by atoms with E-state index in [0.29, 0.717) is 0 Å². The summed E-state index contributed by atoms with van der Waals surface area (Å²) in [5, 5.41) is 3.34. The summed E-state index contributed by atoms with van der Waals surface area (Å²) in [7, 11) is 2.12. The maximum absolute atomic E-state index is 12.6. The Morgan fingerprint density at radius 1 is 1.15 bits per heavy atom. The first-order valence-corrected chi connectivity index (χ1v) is 7.60. The van der Waals surface area contributed by atoms with Crippen LogP contribution in [-0.2, 0) is 6.42 Å². The highest BCUT2D eigenvalue weighted by molar-refractivity contribution is 5.95. The van der Waals surface area contributed by atoms with E-state index in [9.17, 15) is 4.79 Å². The molecule has 1 aromatic rings. The zero-order valence-electron chi connectivity index (χ0n) is 12.2. The molecule has 1 amide bonds. The molecule has 0 unspecified atom stereocenters. The maximum Gasteiger partial charge on any atom is 0.253 e. The molecule has 1 N–H and O–H groups in total. The molecule has 1 aromatic carbocycles. The Balaban J connectivity index is 1.81. The molecule has 108 valence electrons. The smallest absolute Gasteiger partial charge is 0.253 e. The van der Waals surface area contributed by atoms with Gasteiger partial charge in [0.15, 0.2) is 0 Å². The number of hydrogen-bond acceptors (Lipinski definition) is 3. The van der Waals surface area contributed by atoms with E-state index in [1.807, 2.05) is 11.0 Å². The second-order valence-electron chi connectivity index (χ2n) is 5.76. The van der Waals surface area contributed by atoms with Gasteiger partial charge >= 0.3 is 0 Å². The van der Waals surface area contributed by atoms with Gasteiger partial charge in [-0.25, -0.2) is 0 Å². The van der Waals surface area contributed by atoms with E-state index in [2.05, 4.69) is 29.4 Å². The van der Waals surface area contributed by atoms with Gasteiger partial charge in [0.05, 0.1) is 0 Å². The van der Waals surface area contributed by atoms with Crippen molar-refractivity contribution < 1.29 is 4.79 Å². The second-order valence-corrected chi connectivity index (χ2v) is 5.76. The second kappa shape index (κ2) is 5.83. The summed E-state index contributed by atoms with van der Waals surface area (Å²) >= 11 is 0. The molecular formula is C16H23N3O. The summed E-state index contributed by atoms with van der Waals surface area (Å²) in [5.41, 5.74) is 3.45. The number of benzene rings is 1. The fraction of sp³-hybridized carbons (Fsp3) is 0.562. The first-order valence-electron chi connectivity index (χ1n) is 7.60. The van der Waals surface area contributed by atoms with Crippen LogP contribution in [0, 0.1) is 0 Å². The molecule has 2 aliphatic rings. The Morgan fingerprint density at radius 2 is 2.05 bits per heavy atom. The molecule has 0 aliphatic carbocycles. The average molecular weight is 273 g/mol. The van der Waals surface area contributed by atoms with E-state index in [1.54, 1.807) is 0 Å². The van der Waals surface area contributed by atoms with E-state index in [-0.39, 0.29) is 5.91 Å². The minimum absolute atomic E-state index is 0.185. The van der Waals surface area contributed by atoms with Crippen LogP contribution < -0.4 is 10.2 Å². The number of nitrogens with zero attached hydrogens (tertiary/aromatic N) is 2. The molecule has 0 radical (unpaired) electrons. The Morgan fingerprint density at radius 3 is 2.95 bits per heavy atom. The molecule has 2 heterocycles. The van der Waals surface area contributed by atoms with Crippen LogP contribution in [0.4, 0.5) is 5.69 Å². The van der Waals surface area contributed by atoms with Gasteiger partial charge in [0.1, 0.15) is 0 Å². The normalized spacial score (nSPS) is 19.4. The molecule has 0 saturated carbocycles. The van der Waals surface area contributed by atoms with Gasteiger partial charge in [-0.05, 0) is 49.6 Å². The lowest BCUT2D eigenvalue weighted by atomic mass is 9.99. The highest BCUT2D eigenvalue weighted by Crippen LogP contribution is 2.27. The van der Waals surface area contributed by atoms with Crippen molar-refractivity contribution in [2.75, 3.05) is 44.7 Å². The minimum atomic E-state index is 0.185. The number of amides is 1. The van der Waals surface area contributed by atoms with Gasteiger partial charge in [-0.15, -0.1) is 0 Å². The quantitative estimate of drug-likeness (QED) is 0.842. The van der Waals surface area contributed by atoms with Crippen molar-refractivity contribution >= 4 is 11.6 Å². The van der Waals surface area contributed by atoms with Gasteiger partial charge in [-0.3, -0.25) is 4.79 Å². The molecular weight excluding hydrogens is 250 g/mol. The maximum atomic E-state index is 12.6. The molecule has 2 aliphatic heterocycles. The predicted octanol–water partition coefficient (Wildman–Crippen LogP) is 1.50. The fourth-order valence-corrected chi connectivity index (χ4v) is 3.15. The van der Waals surface area contributed by atoms with Crippen LogP contribution in [0.25, 0.3) is 0 Å². The first-order chi connectivity index (χ1) is 9.75. The molecule has 1 saturated heterocycles. The van der Waals surface area contributed by atoms with Gasteiger partial charge in [0.25, 0.3) is 5.91 Å². The summed E-state index contributed by atoms with van der Waals surface area (Å²) in [6.45, 7) is 4.70. The Bertz CT molecular complexity index is 492. The van der Waals surface area contributed by atoms with Crippen LogP contribution in [0.15, 0.2) is 18.2 Å². The summed E-state index contributed by atoms with van der Waals surface area (Å²) in [6.07, 6.45) is 3.30. The van der Waals surface area contributed by atoms with Crippen molar-refractivity contribution in [3.63, 3.8) is 0 Å². The number of rotatable bonds is 1. The Labute approximate surface area is 120 Å². The lowest BCUT2D eigenvalue weighted by Crippen LogP contribution is -2.34. The largest absolute Gasteiger partial charge is 0.374 e. The van der Waals surface area contributed by atoms with E-state index >= 15 is 0 Å². The zero-order valence-corrected chi connectivity index (χ0v) is 12.2. The number of fused-ring (bicyclic) bond motifs is 1. The molecule has 20 heavy (non-hydrogen) atoms. The minimum Gasteiger partial charge on any atom is -0.374 e.